The fraction of sp³-hybridized carbons (Fsp3) is 0.480. The number of aromatic nitrogens is 2. The Hall–Kier alpha value is -2.24. The van der Waals surface area contributed by atoms with E-state index < -0.39 is 5.97 Å². The number of nitrogens with zero attached hydrogens (tertiary/aromatic N) is 3. The second-order valence-corrected chi connectivity index (χ2v) is 11.1. The maximum Gasteiger partial charge on any atom is 0.303 e. The number of nitrogens with one attached hydrogen (secondary N) is 1. The smallest absolute Gasteiger partial charge is 0.303 e. The number of carboxylic acid groups (broad SMARTS) is 1. The van der Waals surface area contributed by atoms with Gasteiger partial charge in [0.1, 0.15) is 10.1 Å². The number of carboxylic acids is 1. The highest BCUT2D eigenvalue weighted by molar-refractivity contribution is 8.01. The van der Waals surface area contributed by atoms with Gasteiger partial charge in [0.25, 0.3) is 0 Å². The quantitative estimate of drug-likeness (QED) is 0.233. The van der Waals surface area contributed by atoms with Crippen molar-refractivity contribution in [3.63, 3.8) is 0 Å². The van der Waals surface area contributed by atoms with Gasteiger partial charge in [0.15, 0.2) is 0 Å². The Morgan fingerprint density at radius 1 is 1.31 bits per heavy atom. The molecule has 0 radical (unpaired) electrons. The largest absolute Gasteiger partial charge is 0.497 e. The van der Waals surface area contributed by atoms with Crippen LogP contribution in [0.15, 0.2) is 46.4 Å². The van der Waals surface area contributed by atoms with Crippen molar-refractivity contribution < 1.29 is 19.8 Å². The Morgan fingerprint density at radius 2 is 2.20 bits per heavy atom. The number of thioether (sulfide) groups is 1. The molecule has 3 aromatic rings. The SMILES string of the molecule is COc1ccc2nccc([C@H](CC[C@@H]3CCN(CCSc4nccs4)C[C@@H]3CC(=O)O)NO)c2c1. The lowest BCUT2D eigenvalue weighted by Crippen LogP contribution is -2.42. The Labute approximate surface area is 213 Å². The van der Waals surface area contributed by atoms with E-state index in [-0.39, 0.29) is 18.4 Å². The van der Waals surface area contributed by atoms with Gasteiger partial charge in [0.2, 0.25) is 0 Å². The molecule has 8 nitrogen and oxygen atoms in total. The van der Waals surface area contributed by atoms with Crippen molar-refractivity contribution >= 4 is 40.0 Å². The highest BCUT2D eigenvalue weighted by Crippen LogP contribution is 2.35. The van der Waals surface area contributed by atoms with Crippen LogP contribution in [0.2, 0.25) is 0 Å². The van der Waals surface area contributed by atoms with Crippen molar-refractivity contribution in [2.24, 2.45) is 11.8 Å². The van der Waals surface area contributed by atoms with Gasteiger partial charge in [0, 0.05) is 48.4 Å². The molecular formula is C25H32N4O4S2. The number of methoxy groups -OCH3 is 1. The normalized spacial score (nSPS) is 19.6. The summed E-state index contributed by atoms with van der Waals surface area (Å²) in [6.45, 7) is 2.69. The molecule has 2 aromatic heterocycles. The number of carbonyl (C=O) groups is 1. The summed E-state index contributed by atoms with van der Waals surface area (Å²) in [6.07, 6.45) is 6.25. The number of benzene rings is 1. The molecule has 1 aromatic carbocycles. The molecule has 0 bridgehead atoms. The van der Waals surface area contributed by atoms with E-state index in [0.29, 0.717) is 12.3 Å². The van der Waals surface area contributed by atoms with Crippen LogP contribution in [0.5, 0.6) is 5.75 Å². The average molecular weight is 517 g/mol. The van der Waals surface area contributed by atoms with Gasteiger partial charge >= 0.3 is 5.97 Å². The molecule has 188 valence electrons. The van der Waals surface area contributed by atoms with Crippen LogP contribution in [-0.2, 0) is 4.79 Å². The Kier molecular flexibility index (Phi) is 9.33. The molecule has 0 spiro atoms. The van der Waals surface area contributed by atoms with Gasteiger partial charge in [-0.25, -0.2) is 4.98 Å². The number of rotatable bonds is 12. The molecule has 35 heavy (non-hydrogen) atoms. The summed E-state index contributed by atoms with van der Waals surface area (Å²) in [5.41, 5.74) is 4.29. The Bertz CT molecular complexity index is 1100. The van der Waals surface area contributed by atoms with Crippen molar-refractivity contribution in [2.45, 2.75) is 36.1 Å². The molecule has 4 rings (SSSR count). The van der Waals surface area contributed by atoms with Crippen LogP contribution in [0.25, 0.3) is 10.9 Å². The van der Waals surface area contributed by atoms with Crippen molar-refractivity contribution in [2.75, 3.05) is 32.5 Å². The molecule has 1 aliphatic rings. The first-order chi connectivity index (χ1) is 17.1. The number of pyridine rings is 1. The number of piperidine rings is 1. The van der Waals surface area contributed by atoms with Crippen LogP contribution in [0, 0.1) is 11.8 Å². The zero-order chi connectivity index (χ0) is 24.6. The fourth-order valence-corrected chi connectivity index (χ4v) is 6.69. The first-order valence-corrected chi connectivity index (χ1v) is 13.7. The molecule has 0 amide bonds. The average Bonchev–Trinajstić information content (AvgIpc) is 3.38. The van der Waals surface area contributed by atoms with Gasteiger partial charge in [-0.3, -0.25) is 9.78 Å². The topological polar surface area (TPSA) is 108 Å². The lowest BCUT2D eigenvalue weighted by molar-refractivity contribution is -0.139. The maximum absolute atomic E-state index is 11.6. The highest BCUT2D eigenvalue weighted by atomic mass is 32.2. The second-order valence-electron chi connectivity index (χ2n) is 8.90. The number of fused-ring (bicyclic) bond motifs is 1. The van der Waals surface area contributed by atoms with E-state index in [0.717, 1.165) is 64.8 Å². The van der Waals surface area contributed by atoms with E-state index in [9.17, 15) is 15.1 Å². The van der Waals surface area contributed by atoms with Gasteiger partial charge in [-0.05, 0) is 67.5 Å². The third kappa shape index (κ3) is 6.92. The molecule has 0 aliphatic carbocycles. The maximum atomic E-state index is 11.6. The van der Waals surface area contributed by atoms with E-state index in [1.807, 2.05) is 35.8 Å². The van der Waals surface area contributed by atoms with Gasteiger partial charge in [-0.1, -0.05) is 11.8 Å². The Balaban J connectivity index is 1.39. The number of hydrogen-bond donors (Lipinski definition) is 3. The highest BCUT2D eigenvalue weighted by Gasteiger charge is 2.31. The van der Waals surface area contributed by atoms with Crippen LogP contribution in [-0.4, -0.2) is 63.6 Å². The molecule has 0 saturated carbocycles. The standard InChI is InChI=1S/C25H32N4O4S2/c1-33-19-3-5-22-21(15-19)20(6-8-26-22)23(28-32)4-2-17-7-10-29(16-18(17)14-24(30)31)11-13-35-25-27-9-12-34-25/h3,5-6,8-9,12,15,17-18,23,28,32H,2,4,7,10-11,13-14,16H2,1H3,(H,30,31)/t17-,18+,23+/m1/s1. The summed E-state index contributed by atoms with van der Waals surface area (Å²) in [6, 6.07) is 7.38. The predicted octanol–water partition coefficient (Wildman–Crippen LogP) is 4.71. The van der Waals surface area contributed by atoms with Gasteiger partial charge in [-0.15, -0.1) is 11.3 Å². The minimum atomic E-state index is -0.747. The zero-order valence-electron chi connectivity index (χ0n) is 19.8. The summed E-state index contributed by atoms with van der Waals surface area (Å²) in [7, 11) is 1.63. The van der Waals surface area contributed by atoms with Crippen molar-refractivity contribution in [3.8, 4) is 5.75 Å². The Morgan fingerprint density at radius 3 is 2.94 bits per heavy atom. The van der Waals surface area contributed by atoms with Crippen molar-refractivity contribution in [1.29, 1.82) is 0 Å². The monoisotopic (exact) mass is 516 g/mol. The molecular weight excluding hydrogens is 484 g/mol. The van der Waals surface area contributed by atoms with Gasteiger partial charge < -0.3 is 20.0 Å². The third-order valence-electron chi connectivity index (χ3n) is 6.79. The van der Waals surface area contributed by atoms with E-state index in [1.54, 1.807) is 36.4 Å². The summed E-state index contributed by atoms with van der Waals surface area (Å²) in [5, 5.41) is 22.5. The summed E-state index contributed by atoms with van der Waals surface area (Å²) >= 11 is 3.40. The van der Waals surface area contributed by atoms with E-state index in [4.69, 9.17) is 4.74 Å². The zero-order valence-corrected chi connectivity index (χ0v) is 21.4. The summed E-state index contributed by atoms with van der Waals surface area (Å²) in [5.74, 6) is 1.34. The van der Waals surface area contributed by atoms with Crippen LogP contribution >= 0.6 is 23.1 Å². The summed E-state index contributed by atoms with van der Waals surface area (Å²) in [4.78, 5) is 22.7. The minimum Gasteiger partial charge on any atom is -0.497 e. The molecule has 1 saturated heterocycles. The summed E-state index contributed by atoms with van der Waals surface area (Å²) < 4.78 is 6.46. The van der Waals surface area contributed by atoms with Crippen LogP contribution < -0.4 is 10.2 Å². The van der Waals surface area contributed by atoms with E-state index in [1.165, 1.54) is 0 Å². The van der Waals surface area contributed by atoms with Crippen molar-refractivity contribution in [3.05, 3.63) is 47.6 Å². The van der Waals surface area contributed by atoms with Gasteiger partial charge in [0.05, 0.1) is 18.7 Å². The fourth-order valence-electron chi connectivity index (χ4n) is 4.99. The van der Waals surface area contributed by atoms with Crippen LogP contribution in [0.1, 0.15) is 37.3 Å². The van der Waals surface area contributed by atoms with Crippen LogP contribution in [0.4, 0.5) is 0 Å². The molecule has 0 unspecified atom stereocenters. The minimum absolute atomic E-state index is 0.0970. The molecule has 10 heteroatoms. The molecule has 1 aliphatic heterocycles. The number of ether oxygens (including phenoxy) is 1. The molecule has 1 fully saturated rings. The van der Waals surface area contributed by atoms with E-state index in [2.05, 4.69) is 20.3 Å². The number of likely N-dealkylation sites (tertiary alicyclic amines) is 1. The van der Waals surface area contributed by atoms with Crippen LogP contribution in [0.3, 0.4) is 0 Å². The predicted molar refractivity (Wildman–Crippen MR) is 138 cm³/mol. The second kappa shape index (κ2) is 12.6. The molecule has 3 N–H and O–H groups in total. The third-order valence-corrected chi connectivity index (χ3v) is 8.74. The van der Waals surface area contributed by atoms with Crippen molar-refractivity contribution in [1.82, 2.24) is 20.3 Å². The lowest BCUT2D eigenvalue weighted by atomic mass is 9.79. The number of aliphatic carboxylic acids is 1. The number of hydroxylamine groups is 1. The number of thiazole rings is 1. The first-order valence-electron chi connectivity index (χ1n) is 11.9. The number of hydrogen-bond acceptors (Lipinski definition) is 9. The van der Waals surface area contributed by atoms with E-state index >= 15 is 0 Å². The van der Waals surface area contributed by atoms with Gasteiger partial charge in [-0.2, -0.15) is 5.48 Å². The molecule has 3 heterocycles. The molecule has 3 atom stereocenters. The lowest BCUT2D eigenvalue weighted by Gasteiger charge is -2.38. The first kappa shape index (κ1) is 25.8.